The van der Waals surface area contributed by atoms with Crippen molar-refractivity contribution in [2.75, 3.05) is 0 Å². The van der Waals surface area contributed by atoms with E-state index in [0.29, 0.717) is 11.1 Å². The molecule has 0 atom stereocenters. The molecule has 111 valence electrons. The van der Waals surface area contributed by atoms with Gasteiger partial charge in [-0.2, -0.15) is 0 Å². The number of carbonyl (C=O) groups is 2. The summed E-state index contributed by atoms with van der Waals surface area (Å²) in [5, 5.41) is 0. The Hall–Kier alpha value is -2.48. The molecule has 1 fully saturated rings. The molecule has 2 nitrogen and oxygen atoms in total. The number of carbonyl (C=O) groups excluding carboxylic acids is 2. The fourth-order valence-electron chi connectivity index (χ4n) is 2.39. The van der Waals surface area contributed by atoms with Gasteiger partial charge < -0.3 is 0 Å². The molecule has 2 heteroatoms. The lowest BCUT2D eigenvalue weighted by molar-refractivity contribution is 0.104. The van der Waals surface area contributed by atoms with Gasteiger partial charge in [-0.3, -0.25) is 9.59 Å². The summed E-state index contributed by atoms with van der Waals surface area (Å²) in [6.07, 6.45) is 12.0. The molecule has 0 spiro atoms. The van der Waals surface area contributed by atoms with Crippen LogP contribution in [0.15, 0.2) is 60.7 Å². The van der Waals surface area contributed by atoms with Crippen LogP contribution < -0.4 is 0 Å². The number of hydrogen-bond donors (Lipinski definition) is 0. The average Bonchev–Trinajstić information content (AvgIpc) is 3.13. The summed E-state index contributed by atoms with van der Waals surface area (Å²) in [5.41, 5.74) is 3.22. The maximum absolute atomic E-state index is 12.2. The van der Waals surface area contributed by atoms with E-state index in [9.17, 15) is 9.59 Å². The SMILES string of the molecule is O=Cc1cccc(-c2ccc(C(=O)/C=C/[C]3[CH][CH][CH][CH]3)cc2)c1. The van der Waals surface area contributed by atoms with Gasteiger partial charge >= 0.3 is 0 Å². The van der Waals surface area contributed by atoms with Gasteiger partial charge in [0.1, 0.15) is 6.29 Å². The van der Waals surface area contributed by atoms with Gasteiger partial charge in [-0.25, -0.2) is 0 Å². The largest absolute Gasteiger partial charge is 0.298 e. The molecule has 1 saturated carbocycles. The highest BCUT2D eigenvalue weighted by molar-refractivity contribution is 6.05. The highest BCUT2D eigenvalue weighted by Gasteiger charge is 2.14. The van der Waals surface area contributed by atoms with Gasteiger partial charge in [0.2, 0.25) is 0 Å². The summed E-state index contributed by atoms with van der Waals surface area (Å²) in [6.45, 7) is 0. The van der Waals surface area contributed by atoms with Crippen molar-refractivity contribution in [3.63, 3.8) is 0 Å². The monoisotopic (exact) mass is 299 g/mol. The molecule has 0 N–H and O–H groups in total. The normalized spacial score (nSPS) is 15.1. The quantitative estimate of drug-likeness (QED) is 0.468. The van der Waals surface area contributed by atoms with Gasteiger partial charge in [0.25, 0.3) is 0 Å². The third kappa shape index (κ3) is 3.84. The van der Waals surface area contributed by atoms with E-state index >= 15 is 0 Å². The van der Waals surface area contributed by atoms with Gasteiger partial charge in [0, 0.05) is 17.0 Å². The molecule has 0 saturated heterocycles. The van der Waals surface area contributed by atoms with Gasteiger partial charge in [-0.1, -0.05) is 48.5 Å². The van der Waals surface area contributed by atoms with E-state index < -0.39 is 0 Å². The van der Waals surface area contributed by atoms with E-state index in [1.54, 1.807) is 24.3 Å². The number of ketones is 1. The molecule has 0 aromatic heterocycles. The Bertz CT molecular complexity index is 720. The van der Waals surface area contributed by atoms with Gasteiger partial charge in [0.05, 0.1) is 0 Å². The Morgan fingerprint density at radius 1 is 0.870 bits per heavy atom. The van der Waals surface area contributed by atoms with Crippen LogP contribution in [0.25, 0.3) is 11.1 Å². The third-order valence-corrected chi connectivity index (χ3v) is 3.64. The van der Waals surface area contributed by atoms with Crippen LogP contribution in [0.5, 0.6) is 0 Å². The second kappa shape index (κ2) is 7.19. The first-order valence-electron chi connectivity index (χ1n) is 7.36. The van der Waals surface area contributed by atoms with Crippen molar-refractivity contribution in [1.29, 1.82) is 0 Å². The van der Waals surface area contributed by atoms with Crippen molar-refractivity contribution < 1.29 is 9.59 Å². The molecule has 1 aliphatic rings. The van der Waals surface area contributed by atoms with Crippen LogP contribution in [-0.4, -0.2) is 12.1 Å². The fraction of sp³-hybridized carbons (Fsp3) is 0. The average molecular weight is 299 g/mol. The fourth-order valence-corrected chi connectivity index (χ4v) is 2.39. The Balaban J connectivity index is 1.73. The molecule has 0 unspecified atom stereocenters. The first-order chi connectivity index (χ1) is 11.3. The second-order valence-corrected chi connectivity index (χ2v) is 5.24. The lowest BCUT2D eigenvalue weighted by Crippen LogP contribution is -1.96. The number of aldehydes is 1. The Kier molecular flexibility index (Phi) is 4.82. The smallest absolute Gasteiger partial charge is 0.185 e. The van der Waals surface area contributed by atoms with E-state index in [4.69, 9.17) is 0 Å². The van der Waals surface area contributed by atoms with Crippen LogP contribution in [0.4, 0.5) is 0 Å². The second-order valence-electron chi connectivity index (χ2n) is 5.24. The predicted molar refractivity (Wildman–Crippen MR) is 91.2 cm³/mol. The maximum Gasteiger partial charge on any atom is 0.185 e. The molecule has 2 aromatic rings. The van der Waals surface area contributed by atoms with Crippen LogP contribution in [0, 0.1) is 31.6 Å². The van der Waals surface area contributed by atoms with Crippen LogP contribution >= 0.6 is 0 Å². The molecule has 0 heterocycles. The van der Waals surface area contributed by atoms with E-state index in [-0.39, 0.29) is 5.78 Å². The summed E-state index contributed by atoms with van der Waals surface area (Å²) in [7, 11) is 0. The first kappa shape index (κ1) is 15.4. The van der Waals surface area contributed by atoms with E-state index in [1.807, 2.05) is 62.1 Å². The number of allylic oxidation sites excluding steroid dienone is 2. The Labute approximate surface area is 136 Å². The molecule has 2 aromatic carbocycles. The van der Waals surface area contributed by atoms with Crippen molar-refractivity contribution in [3.05, 3.63) is 103 Å². The van der Waals surface area contributed by atoms with E-state index in [0.717, 1.165) is 23.3 Å². The van der Waals surface area contributed by atoms with Crippen LogP contribution in [0.1, 0.15) is 20.7 Å². The summed E-state index contributed by atoms with van der Waals surface area (Å²) in [5.74, 6) is 0.986. The standard InChI is InChI=1S/C21H15O2/c22-15-17-6-3-7-20(14-17)18-9-11-19(12-10-18)21(23)13-8-16-4-1-2-5-16/h1-15H/b13-8+. The van der Waals surface area contributed by atoms with Gasteiger partial charge in [-0.15, -0.1) is 0 Å². The minimum atomic E-state index is -0.0283. The molecule has 0 bridgehead atoms. The number of benzene rings is 2. The van der Waals surface area contributed by atoms with Gasteiger partial charge in [0.15, 0.2) is 5.78 Å². The highest BCUT2D eigenvalue weighted by atomic mass is 16.1. The molecular weight excluding hydrogens is 284 g/mol. The summed E-state index contributed by atoms with van der Waals surface area (Å²) in [4.78, 5) is 23.0. The van der Waals surface area contributed by atoms with E-state index in [1.165, 1.54) is 0 Å². The van der Waals surface area contributed by atoms with Crippen LogP contribution in [0.3, 0.4) is 0 Å². The molecule has 0 aliphatic heterocycles. The van der Waals surface area contributed by atoms with Gasteiger partial charge in [-0.05, 0) is 49.0 Å². The zero-order chi connectivity index (χ0) is 16.1. The van der Waals surface area contributed by atoms with Crippen molar-refractivity contribution >= 4 is 12.1 Å². The number of hydrogen-bond acceptors (Lipinski definition) is 2. The molecule has 3 rings (SSSR count). The molecule has 23 heavy (non-hydrogen) atoms. The zero-order valence-corrected chi connectivity index (χ0v) is 12.5. The highest BCUT2D eigenvalue weighted by Crippen LogP contribution is 2.24. The van der Waals surface area contributed by atoms with Crippen LogP contribution in [0.2, 0.25) is 0 Å². The molecule has 5 radical (unpaired) electrons. The van der Waals surface area contributed by atoms with Crippen molar-refractivity contribution in [1.82, 2.24) is 0 Å². The summed E-state index contributed by atoms with van der Waals surface area (Å²) in [6, 6.07) is 14.8. The topological polar surface area (TPSA) is 34.1 Å². The van der Waals surface area contributed by atoms with E-state index in [2.05, 4.69) is 0 Å². The minimum absolute atomic E-state index is 0.0283. The molecular formula is C21H15O2. The summed E-state index contributed by atoms with van der Waals surface area (Å²) < 4.78 is 0. The third-order valence-electron chi connectivity index (χ3n) is 3.64. The number of rotatable bonds is 5. The Morgan fingerprint density at radius 3 is 2.30 bits per heavy atom. The zero-order valence-electron chi connectivity index (χ0n) is 12.5. The first-order valence-corrected chi connectivity index (χ1v) is 7.36. The maximum atomic E-state index is 12.2. The lowest BCUT2D eigenvalue weighted by atomic mass is 10.00. The van der Waals surface area contributed by atoms with Crippen molar-refractivity contribution in [2.45, 2.75) is 0 Å². The lowest BCUT2D eigenvalue weighted by Gasteiger charge is -2.04. The van der Waals surface area contributed by atoms with Crippen molar-refractivity contribution in [2.24, 2.45) is 0 Å². The summed E-state index contributed by atoms with van der Waals surface area (Å²) >= 11 is 0. The van der Waals surface area contributed by atoms with Crippen LogP contribution in [-0.2, 0) is 0 Å². The minimum Gasteiger partial charge on any atom is -0.298 e. The molecule has 0 amide bonds. The Morgan fingerprint density at radius 2 is 1.61 bits per heavy atom. The molecule has 1 aliphatic carbocycles. The van der Waals surface area contributed by atoms with Crippen molar-refractivity contribution in [3.8, 4) is 11.1 Å². The predicted octanol–water partition coefficient (Wildman–Crippen LogP) is 4.31.